The van der Waals surface area contributed by atoms with Gasteiger partial charge in [-0.2, -0.15) is 0 Å². The van der Waals surface area contributed by atoms with Crippen molar-refractivity contribution < 1.29 is 34.0 Å². The Morgan fingerprint density at radius 2 is 2.10 bits per heavy atom. The van der Waals surface area contributed by atoms with Crippen LogP contribution in [0.5, 0.6) is 11.5 Å². The Bertz CT molecular complexity index is 992. The summed E-state index contributed by atoms with van der Waals surface area (Å²) in [4.78, 5) is 25.9. The number of phenols is 1. The lowest BCUT2D eigenvalue weighted by molar-refractivity contribution is -0.152. The van der Waals surface area contributed by atoms with Crippen molar-refractivity contribution in [1.82, 2.24) is 0 Å². The number of halogens is 1. The predicted octanol–water partition coefficient (Wildman–Crippen LogP) is 3.25. The lowest BCUT2D eigenvalue weighted by Gasteiger charge is -2.41. The second-order valence-corrected chi connectivity index (χ2v) is 7.70. The number of ketones is 1. The van der Waals surface area contributed by atoms with Gasteiger partial charge in [-0.1, -0.05) is 17.7 Å². The van der Waals surface area contributed by atoms with E-state index in [4.69, 9.17) is 25.8 Å². The highest BCUT2D eigenvalue weighted by molar-refractivity contribution is 6.33. The molecule has 0 bridgehead atoms. The number of allylic oxidation sites excluding steroid dienone is 3. The van der Waals surface area contributed by atoms with E-state index in [-0.39, 0.29) is 34.3 Å². The minimum atomic E-state index is -1.83. The van der Waals surface area contributed by atoms with Gasteiger partial charge in [0, 0.05) is 12.0 Å². The second kappa shape index (κ2) is 8.16. The summed E-state index contributed by atoms with van der Waals surface area (Å²) in [6.45, 7) is 4.86. The van der Waals surface area contributed by atoms with E-state index in [1.807, 2.05) is 6.92 Å². The van der Waals surface area contributed by atoms with E-state index in [2.05, 4.69) is 0 Å². The molecule has 0 radical (unpaired) electrons. The standard InChI is InChI=1S/C22H23ClO7/c1-5-6-13-7-12-8-17(25)22(3,20(26)14(12)10-29-13)30-21(27)18-11(2)19(23)15(24)9-16(18)28-4/h5-9,14,20,24,26H,10H2,1-4H3. The Morgan fingerprint density at radius 1 is 1.40 bits per heavy atom. The van der Waals surface area contributed by atoms with E-state index in [1.165, 1.54) is 33.1 Å². The maximum Gasteiger partial charge on any atom is 0.343 e. The van der Waals surface area contributed by atoms with Gasteiger partial charge >= 0.3 is 5.97 Å². The van der Waals surface area contributed by atoms with Crippen molar-refractivity contribution in [2.75, 3.05) is 13.7 Å². The molecule has 3 rings (SSSR count). The molecule has 2 aliphatic rings. The lowest BCUT2D eigenvalue weighted by Crippen LogP contribution is -2.57. The third-order valence-corrected chi connectivity index (χ3v) is 5.88. The molecule has 1 aromatic rings. The Hall–Kier alpha value is -2.77. The monoisotopic (exact) mass is 434 g/mol. The number of aliphatic hydroxyl groups is 1. The first-order valence-corrected chi connectivity index (χ1v) is 9.72. The first-order chi connectivity index (χ1) is 14.1. The van der Waals surface area contributed by atoms with E-state index in [0.717, 1.165) is 0 Å². The molecular formula is C22H23ClO7. The average molecular weight is 435 g/mol. The molecule has 0 saturated carbocycles. The molecule has 1 heterocycles. The highest BCUT2D eigenvalue weighted by atomic mass is 35.5. The van der Waals surface area contributed by atoms with Crippen LogP contribution in [0.1, 0.15) is 29.8 Å². The van der Waals surface area contributed by atoms with E-state index >= 15 is 0 Å². The van der Waals surface area contributed by atoms with E-state index < -0.39 is 29.4 Å². The molecule has 30 heavy (non-hydrogen) atoms. The predicted molar refractivity (Wildman–Crippen MR) is 110 cm³/mol. The van der Waals surface area contributed by atoms with Gasteiger partial charge in [0.1, 0.15) is 28.9 Å². The quantitative estimate of drug-likeness (QED) is 0.701. The molecule has 2 N–H and O–H groups in total. The van der Waals surface area contributed by atoms with Crippen LogP contribution in [0.4, 0.5) is 0 Å². The molecule has 7 nitrogen and oxygen atoms in total. The zero-order chi connectivity index (χ0) is 22.2. The number of aromatic hydroxyl groups is 1. The fourth-order valence-corrected chi connectivity index (χ4v) is 3.77. The van der Waals surface area contributed by atoms with Crippen molar-refractivity contribution in [2.24, 2.45) is 5.92 Å². The summed E-state index contributed by atoms with van der Waals surface area (Å²) in [7, 11) is 1.32. The molecule has 3 unspecified atom stereocenters. The summed E-state index contributed by atoms with van der Waals surface area (Å²) < 4.78 is 16.3. The van der Waals surface area contributed by atoms with Crippen LogP contribution in [0.15, 0.2) is 41.7 Å². The number of benzene rings is 1. The van der Waals surface area contributed by atoms with Crippen molar-refractivity contribution in [2.45, 2.75) is 32.5 Å². The van der Waals surface area contributed by atoms with Crippen LogP contribution < -0.4 is 4.74 Å². The molecular weight excluding hydrogens is 412 g/mol. The Labute approximate surface area is 179 Å². The van der Waals surface area contributed by atoms with Gasteiger partial charge in [-0.25, -0.2) is 4.79 Å². The van der Waals surface area contributed by atoms with Gasteiger partial charge in [-0.05, 0) is 50.1 Å². The molecule has 1 aromatic carbocycles. The minimum Gasteiger partial charge on any atom is -0.506 e. The van der Waals surface area contributed by atoms with E-state index in [9.17, 15) is 19.8 Å². The number of aliphatic hydroxyl groups excluding tert-OH is 1. The fraction of sp³-hybridized carbons (Fsp3) is 0.364. The van der Waals surface area contributed by atoms with Gasteiger partial charge in [0.25, 0.3) is 0 Å². The number of rotatable bonds is 4. The van der Waals surface area contributed by atoms with Gasteiger partial charge in [0.05, 0.1) is 18.7 Å². The zero-order valence-electron chi connectivity index (χ0n) is 17.1. The van der Waals surface area contributed by atoms with Crippen molar-refractivity contribution in [3.63, 3.8) is 0 Å². The molecule has 160 valence electrons. The number of esters is 1. The highest BCUT2D eigenvalue weighted by Gasteiger charge is 2.52. The normalized spacial score (nSPS) is 25.9. The van der Waals surface area contributed by atoms with Crippen LogP contribution >= 0.6 is 11.6 Å². The molecule has 0 fully saturated rings. The van der Waals surface area contributed by atoms with Gasteiger partial charge in [-0.3, -0.25) is 4.79 Å². The van der Waals surface area contributed by atoms with Crippen LogP contribution in [0, 0.1) is 12.8 Å². The van der Waals surface area contributed by atoms with Crippen molar-refractivity contribution in [3.05, 3.63) is 57.9 Å². The lowest BCUT2D eigenvalue weighted by atomic mass is 9.74. The Balaban J connectivity index is 1.97. The topological polar surface area (TPSA) is 102 Å². The maximum atomic E-state index is 13.0. The van der Waals surface area contributed by atoms with Gasteiger partial charge < -0.3 is 24.4 Å². The number of hydrogen-bond acceptors (Lipinski definition) is 7. The summed E-state index contributed by atoms with van der Waals surface area (Å²) in [5.41, 5.74) is -1.02. The largest absolute Gasteiger partial charge is 0.506 e. The third kappa shape index (κ3) is 3.59. The van der Waals surface area contributed by atoms with Crippen molar-refractivity contribution in [1.29, 1.82) is 0 Å². The first kappa shape index (κ1) is 21.9. The van der Waals surface area contributed by atoms with Gasteiger partial charge in [0.15, 0.2) is 5.60 Å². The molecule has 8 heteroatoms. The molecule has 1 aliphatic heterocycles. The molecule has 0 aromatic heterocycles. The third-order valence-electron chi connectivity index (χ3n) is 5.40. The number of hydrogen-bond donors (Lipinski definition) is 2. The number of phenolic OH excluding ortho intramolecular Hbond substituents is 1. The second-order valence-electron chi connectivity index (χ2n) is 7.33. The van der Waals surface area contributed by atoms with Crippen LogP contribution in [-0.4, -0.2) is 47.4 Å². The van der Waals surface area contributed by atoms with Crippen LogP contribution in [-0.2, 0) is 14.3 Å². The number of fused-ring (bicyclic) bond motifs is 1. The zero-order valence-corrected chi connectivity index (χ0v) is 17.8. The summed E-state index contributed by atoms with van der Waals surface area (Å²) >= 11 is 6.05. The van der Waals surface area contributed by atoms with Crippen LogP contribution in [0.2, 0.25) is 5.02 Å². The van der Waals surface area contributed by atoms with E-state index in [0.29, 0.717) is 11.3 Å². The maximum absolute atomic E-state index is 13.0. The average Bonchev–Trinajstić information content (AvgIpc) is 2.70. The first-order valence-electron chi connectivity index (χ1n) is 9.34. The molecule has 0 amide bonds. The minimum absolute atomic E-state index is 0.0343. The summed E-state index contributed by atoms with van der Waals surface area (Å²) in [6, 6.07) is 1.19. The van der Waals surface area contributed by atoms with Gasteiger partial charge in [-0.15, -0.1) is 0 Å². The molecule has 0 spiro atoms. The number of carbonyl (C=O) groups excluding carboxylic acids is 2. The number of carbonyl (C=O) groups is 2. The van der Waals surface area contributed by atoms with Crippen molar-refractivity contribution >= 4 is 23.4 Å². The number of ether oxygens (including phenoxy) is 3. The smallest absolute Gasteiger partial charge is 0.343 e. The van der Waals surface area contributed by atoms with Crippen LogP contribution in [0.3, 0.4) is 0 Å². The van der Waals surface area contributed by atoms with Crippen molar-refractivity contribution in [3.8, 4) is 11.5 Å². The summed E-state index contributed by atoms with van der Waals surface area (Å²) in [5.74, 6) is -1.62. The number of methoxy groups -OCH3 is 1. The summed E-state index contributed by atoms with van der Waals surface area (Å²) in [5, 5.41) is 20.8. The molecule has 0 saturated heterocycles. The summed E-state index contributed by atoms with van der Waals surface area (Å²) in [6.07, 6.45) is 5.29. The fourth-order valence-electron chi connectivity index (χ4n) is 3.62. The SMILES string of the molecule is CC=CC1=CC2=CC(=O)C(C)(OC(=O)c3c(OC)cc(O)c(Cl)c3C)C(O)C2CO1. The Kier molecular flexibility index (Phi) is 5.97. The van der Waals surface area contributed by atoms with Crippen LogP contribution in [0.25, 0.3) is 0 Å². The van der Waals surface area contributed by atoms with Gasteiger partial charge in [0.2, 0.25) is 5.78 Å². The molecule has 1 aliphatic carbocycles. The highest BCUT2D eigenvalue weighted by Crippen LogP contribution is 2.40. The molecule has 3 atom stereocenters. The van der Waals surface area contributed by atoms with E-state index in [1.54, 1.807) is 18.2 Å². The Morgan fingerprint density at radius 3 is 2.73 bits per heavy atom.